The molecule has 0 atom stereocenters. The van der Waals surface area contributed by atoms with E-state index in [9.17, 15) is 0 Å². The molecule has 0 unspecified atom stereocenters. The van der Waals surface area contributed by atoms with Gasteiger partial charge in [-0.15, -0.1) is 0 Å². The molecular formula is C11H16BrNO2. The number of halogens is 1. The van der Waals surface area contributed by atoms with Gasteiger partial charge in [0.05, 0.1) is 12.7 Å². The van der Waals surface area contributed by atoms with E-state index in [4.69, 9.17) is 9.47 Å². The Kier molecular flexibility index (Phi) is 4.88. The van der Waals surface area contributed by atoms with Crippen LogP contribution in [0.25, 0.3) is 0 Å². The number of hydrogen-bond donors (Lipinski definition) is 0. The Morgan fingerprint density at radius 3 is 2.53 bits per heavy atom. The summed E-state index contributed by atoms with van der Waals surface area (Å²) in [7, 11) is 0. The van der Waals surface area contributed by atoms with Crippen LogP contribution in [0.5, 0.6) is 11.8 Å². The fourth-order valence-electron chi connectivity index (χ4n) is 1.13. The van der Waals surface area contributed by atoms with Crippen molar-refractivity contribution < 1.29 is 9.47 Å². The average molecular weight is 274 g/mol. The lowest BCUT2D eigenvalue weighted by atomic mass is 10.3. The van der Waals surface area contributed by atoms with Crippen molar-refractivity contribution in [3.63, 3.8) is 0 Å². The highest BCUT2D eigenvalue weighted by molar-refractivity contribution is 9.08. The van der Waals surface area contributed by atoms with Crippen LogP contribution in [0.4, 0.5) is 0 Å². The van der Waals surface area contributed by atoms with Crippen molar-refractivity contribution in [3.05, 3.63) is 17.7 Å². The van der Waals surface area contributed by atoms with E-state index in [1.165, 1.54) is 0 Å². The summed E-state index contributed by atoms with van der Waals surface area (Å²) in [5.41, 5.74) is 1.10. The average Bonchev–Trinajstić information content (AvgIpc) is 2.16. The molecule has 3 nitrogen and oxygen atoms in total. The quantitative estimate of drug-likeness (QED) is 0.773. The smallest absolute Gasteiger partial charge is 0.217 e. The number of aromatic nitrogens is 1. The third-order valence-corrected chi connectivity index (χ3v) is 2.29. The molecule has 0 aliphatic heterocycles. The van der Waals surface area contributed by atoms with Crippen molar-refractivity contribution in [2.75, 3.05) is 6.61 Å². The monoisotopic (exact) mass is 273 g/mol. The minimum Gasteiger partial charge on any atom is -0.478 e. The van der Waals surface area contributed by atoms with Gasteiger partial charge < -0.3 is 9.47 Å². The first kappa shape index (κ1) is 12.3. The van der Waals surface area contributed by atoms with Crippen LogP contribution in [-0.2, 0) is 5.33 Å². The summed E-state index contributed by atoms with van der Waals surface area (Å²) in [6.45, 7) is 6.50. The van der Waals surface area contributed by atoms with E-state index in [-0.39, 0.29) is 6.10 Å². The molecule has 0 aromatic carbocycles. The molecule has 0 aliphatic carbocycles. The van der Waals surface area contributed by atoms with E-state index < -0.39 is 0 Å². The molecule has 0 saturated carbocycles. The summed E-state index contributed by atoms with van der Waals surface area (Å²) in [5.74, 6) is 1.23. The Labute approximate surface area is 98.9 Å². The van der Waals surface area contributed by atoms with Gasteiger partial charge in [0.2, 0.25) is 11.8 Å². The second kappa shape index (κ2) is 5.95. The lowest BCUT2D eigenvalue weighted by Crippen LogP contribution is -2.08. The first-order valence-corrected chi connectivity index (χ1v) is 6.14. The molecule has 1 rings (SSSR count). The largest absolute Gasteiger partial charge is 0.478 e. The number of alkyl halides is 1. The number of pyridine rings is 1. The summed E-state index contributed by atoms with van der Waals surface area (Å²) in [6.07, 6.45) is 0.123. The molecule has 1 heterocycles. The number of nitrogens with zero attached hydrogens (tertiary/aromatic N) is 1. The van der Waals surface area contributed by atoms with E-state index in [1.807, 2.05) is 32.9 Å². The van der Waals surface area contributed by atoms with Gasteiger partial charge in [-0.1, -0.05) is 15.9 Å². The van der Waals surface area contributed by atoms with Crippen molar-refractivity contribution in [2.45, 2.75) is 32.2 Å². The van der Waals surface area contributed by atoms with Crippen LogP contribution in [0.1, 0.15) is 26.3 Å². The minimum absolute atomic E-state index is 0.123. The van der Waals surface area contributed by atoms with Crippen LogP contribution in [0, 0.1) is 0 Å². The third-order valence-electron chi connectivity index (χ3n) is 1.64. The number of hydrogen-bond acceptors (Lipinski definition) is 3. The maximum absolute atomic E-state index is 5.53. The summed E-state index contributed by atoms with van der Waals surface area (Å²) >= 11 is 3.40. The highest BCUT2D eigenvalue weighted by atomic mass is 79.9. The van der Waals surface area contributed by atoms with Crippen LogP contribution < -0.4 is 9.47 Å². The normalized spacial score (nSPS) is 10.5. The molecule has 0 aliphatic rings. The second-order valence-corrected chi connectivity index (χ2v) is 3.95. The predicted molar refractivity (Wildman–Crippen MR) is 63.8 cm³/mol. The maximum atomic E-state index is 5.53. The molecule has 4 heteroatoms. The summed E-state index contributed by atoms with van der Waals surface area (Å²) in [5, 5.41) is 0.768. The van der Waals surface area contributed by atoms with Crippen LogP contribution >= 0.6 is 15.9 Å². The number of rotatable bonds is 5. The Hall–Kier alpha value is -0.770. The van der Waals surface area contributed by atoms with Gasteiger partial charge in [0.1, 0.15) is 0 Å². The summed E-state index contributed by atoms with van der Waals surface area (Å²) < 4.78 is 10.9. The molecule has 0 bridgehead atoms. The first-order chi connectivity index (χ1) is 7.15. The molecule has 84 valence electrons. The highest BCUT2D eigenvalue weighted by Gasteiger charge is 2.05. The van der Waals surface area contributed by atoms with Gasteiger partial charge in [0.15, 0.2) is 0 Å². The molecule has 1 aromatic heterocycles. The van der Waals surface area contributed by atoms with Gasteiger partial charge in [0, 0.05) is 17.5 Å². The zero-order valence-corrected chi connectivity index (χ0v) is 10.9. The van der Waals surface area contributed by atoms with Gasteiger partial charge in [0.25, 0.3) is 0 Å². The SMILES string of the molecule is CCOc1cc(CBr)cc(OC(C)C)n1. The zero-order chi connectivity index (χ0) is 11.3. The molecular weight excluding hydrogens is 258 g/mol. The molecule has 0 saturated heterocycles. The molecule has 0 N–H and O–H groups in total. The predicted octanol–water partition coefficient (Wildman–Crippen LogP) is 3.16. The fourth-order valence-corrected chi connectivity index (χ4v) is 1.46. The lowest BCUT2D eigenvalue weighted by molar-refractivity contribution is 0.227. The second-order valence-electron chi connectivity index (χ2n) is 3.39. The van der Waals surface area contributed by atoms with Gasteiger partial charge in [-0.05, 0) is 26.3 Å². The van der Waals surface area contributed by atoms with Crippen molar-refractivity contribution in [1.82, 2.24) is 4.98 Å². The van der Waals surface area contributed by atoms with E-state index in [1.54, 1.807) is 0 Å². The van der Waals surface area contributed by atoms with E-state index in [0.29, 0.717) is 18.4 Å². The van der Waals surface area contributed by atoms with Crippen LogP contribution in [0.15, 0.2) is 12.1 Å². The van der Waals surface area contributed by atoms with Gasteiger partial charge in [-0.25, -0.2) is 0 Å². The Morgan fingerprint density at radius 2 is 2.00 bits per heavy atom. The minimum atomic E-state index is 0.123. The standard InChI is InChI=1S/C11H16BrNO2/c1-4-14-10-5-9(7-12)6-11(13-10)15-8(2)3/h5-6,8H,4,7H2,1-3H3. The van der Waals surface area contributed by atoms with E-state index >= 15 is 0 Å². The summed E-state index contributed by atoms with van der Waals surface area (Å²) in [4.78, 5) is 4.25. The highest BCUT2D eigenvalue weighted by Crippen LogP contribution is 2.20. The van der Waals surface area contributed by atoms with Gasteiger partial charge in [-0.2, -0.15) is 4.98 Å². The van der Waals surface area contributed by atoms with Crippen molar-refractivity contribution >= 4 is 15.9 Å². The van der Waals surface area contributed by atoms with Gasteiger partial charge in [-0.3, -0.25) is 0 Å². The summed E-state index contributed by atoms with van der Waals surface area (Å²) in [6, 6.07) is 3.82. The van der Waals surface area contributed by atoms with Crippen LogP contribution in [0.3, 0.4) is 0 Å². The van der Waals surface area contributed by atoms with Gasteiger partial charge >= 0.3 is 0 Å². The Morgan fingerprint density at radius 1 is 1.33 bits per heavy atom. The van der Waals surface area contributed by atoms with Crippen LogP contribution in [0.2, 0.25) is 0 Å². The molecule has 1 aromatic rings. The lowest BCUT2D eigenvalue weighted by Gasteiger charge is -2.11. The molecule has 0 fully saturated rings. The molecule has 15 heavy (non-hydrogen) atoms. The molecule has 0 spiro atoms. The zero-order valence-electron chi connectivity index (χ0n) is 9.29. The number of ether oxygens (including phenoxy) is 2. The maximum Gasteiger partial charge on any atom is 0.217 e. The Balaban J connectivity index is 2.89. The first-order valence-electron chi connectivity index (χ1n) is 5.02. The molecule has 0 radical (unpaired) electrons. The van der Waals surface area contributed by atoms with E-state index in [0.717, 1.165) is 10.9 Å². The molecule has 0 amide bonds. The third kappa shape index (κ3) is 4.08. The van der Waals surface area contributed by atoms with Crippen molar-refractivity contribution in [2.24, 2.45) is 0 Å². The fraction of sp³-hybridized carbons (Fsp3) is 0.545. The van der Waals surface area contributed by atoms with Crippen LogP contribution in [-0.4, -0.2) is 17.7 Å². The van der Waals surface area contributed by atoms with Crippen molar-refractivity contribution in [1.29, 1.82) is 0 Å². The van der Waals surface area contributed by atoms with Crippen molar-refractivity contribution in [3.8, 4) is 11.8 Å². The van der Waals surface area contributed by atoms with E-state index in [2.05, 4.69) is 20.9 Å². The Bertz CT molecular complexity index is 315. The topological polar surface area (TPSA) is 31.4 Å².